The summed E-state index contributed by atoms with van der Waals surface area (Å²) in [5, 5.41) is 0. The lowest BCUT2D eigenvalue weighted by atomic mass is 9.86. The van der Waals surface area contributed by atoms with Gasteiger partial charge in [0.05, 0.1) is 6.61 Å². The van der Waals surface area contributed by atoms with E-state index in [-0.39, 0.29) is 18.3 Å². The van der Waals surface area contributed by atoms with Gasteiger partial charge in [0.1, 0.15) is 5.92 Å². The van der Waals surface area contributed by atoms with Crippen molar-refractivity contribution in [3.05, 3.63) is 29.6 Å². The SMILES string of the molecule is CCOC(=O)C(C(=O)c1ccncc1CC)C(C)C. The second-order valence-corrected chi connectivity index (χ2v) is 4.72. The molecule has 0 saturated heterocycles. The number of esters is 1. The van der Waals surface area contributed by atoms with Gasteiger partial charge in [0.15, 0.2) is 5.78 Å². The third-order valence-electron chi connectivity index (χ3n) is 3.04. The molecule has 0 aromatic carbocycles. The van der Waals surface area contributed by atoms with Gasteiger partial charge in [-0.1, -0.05) is 20.8 Å². The van der Waals surface area contributed by atoms with Crippen molar-refractivity contribution < 1.29 is 14.3 Å². The monoisotopic (exact) mass is 263 g/mol. The molecule has 4 nitrogen and oxygen atoms in total. The molecule has 1 atom stereocenters. The largest absolute Gasteiger partial charge is 0.465 e. The molecule has 0 aliphatic carbocycles. The van der Waals surface area contributed by atoms with Crippen LogP contribution in [0.25, 0.3) is 0 Å². The molecule has 1 rings (SSSR count). The van der Waals surface area contributed by atoms with Gasteiger partial charge in [0, 0.05) is 18.0 Å². The molecule has 19 heavy (non-hydrogen) atoms. The number of Topliss-reactive ketones (excluding diaryl/α,β-unsaturated/α-hetero) is 1. The lowest BCUT2D eigenvalue weighted by Gasteiger charge is -2.19. The van der Waals surface area contributed by atoms with Crippen LogP contribution in [0.2, 0.25) is 0 Å². The van der Waals surface area contributed by atoms with Crippen molar-refractivity contribution in [2.45, 2.75) is 34.1 Å². The minimum absolute atomic E-state index is 0.0931. The van der Waals surface area contributed by atoms with Gasteiger partial charge in [0.2, 0.25) is 0 Å². The van der Waals surface area contributed by atoms with E-state index in [0.717, 1.165) is 5.56 Å². The highest BCUT2D eigenvalue weighted by Crippen LogP contribution is 2.21. The summed E-state index contributed by atoms with van der Waals surface area (Å²) in [5.41, 5.74) is 1.44. The first-order chi connectivity index (χ1) is 9.02. The summed E-state index contributed by atoms with van der Waals surface area (Å²) in [6, 6.07) is 1.68. The van der Waals surface area contributed by atoms with Crippen LogP contribution in [0.5, 0.6) is 0 Å². The average molecular weight is 263 g/mol. The first kappa shape index (κ1) is 15.3. The minimum Gasteiger partial charge on any atom is -0.465 e. The molecule has 0 amide bonds. The number of hydrogen-bond acceptors (Lipinski definition) is 4. The highest BCUT2D eigenvalue weighted by Gasteiger charge is 2.32. The van der Waals surface area contributed by atoms with Crippen LogP contribution in [-0.2, 0) is 16.0 Å². The zero-order valence-corrected chi connectivity index (χ0v) is 12.0. The molecule has 0 N–H and O–H groups in total. The van der Waals surface area contributed by atoms with Crippen molar-refractivity contribution in [3.63, 3.8) is 0 Å². The number of nitrogens with zero attached hydrogens (tertiary/aromatic N) is 1. The third kappa shape index (κ3) is 3.63. The van der Waals surface area contributed by atoms with E-state index in [9.17, 15) is 9.59 Å². The number of rotatable bonds is 6. The summed E-state index contributed by atoms with van der Waals surface area (Å²) in [6.07, 6.45) is 3.97. The Morgan fingerprint density at radius 3 is 2.53 bits per heavy atom. The zero-order valence-electron chi connectivity index (χ0n) is 12.0. The summed E-state index contributed by atoms with van der Waals surface area (Å²) in [4.78, 5) is 28.5. The predicted octanol–water partition coefficient (Wildman–Crippen LogP) is 2.66. The normalized spacial score (nSPS) is 12.3. The highest BCUT2D eigenvalue weighted by molar-refractivity contribution is 6.09. The number of aryl methyl sites for hydroxylation is 1. The molecule has 1 unspecified atom stereocenters. The Labute approximate surface area is 114 Å². The van der Waals surface area contributed by atoms with Crippen LogP contribution in [0.3, 0.4) is 0 Å². The lowest BCUT2D eigenvalue weighted by molar-refractivity contribution is -0.147. The second kappa shape index (κ2) is 7.02. The first-order valence-corrected chi connectivity index (χ1v) is 6.66. The van der Waals surface area contributed by atoms with Crippen molar-refractivity contribution in [2.24, 2.45) is 11.8 Å². The van der Waals surface area contributed by atoms with Crippen molar-refractivity contribution in [3.8, 4) is 0 Å². The Morgan fingerprint density at radius 2 is 2.00 bits per heavy atom. The second-order valence-electron chi connectivity index (χ2n) is 4.72. The maximum absolute atomic E-state index is 12.6. The van der Waals surface area contributed by atoms with Gasteiger partial charge in [-0.05, 0) is 30.9 Å². The Bertz CT molecular complexity index is 454. The van der Waals surface area contributed by atoms with E-state index < -0.39 is 11.9 Å². The molecule has 1 aromatic heterocycles. The number of pyridine rings is 1. The van der Waals surface area contributed by atoms with Gasteiger partial charge in [-0.3, -0.25) is 14.6 Å². The topological polar surface area (TPSA) is 56.3 Å². The van der Waals surface area contributed by atoms with Crippen molar-refractivity contribution >= 4 is 11.8 Å². The van der Waals surface area contributed by atoms with Crippen LogP contribution in [0.4, 0.5) is 0 Å². The molecule has 104 valence electrons. The molecule has 0 spiro atoms. The van der Waals surface area contributed by atoms with Gasteiger partial charge in [-0.15, -0.1) is 0 Å². The van der Waals surface area contributed by atoms with Crippen LogP contribution in [0.15, 0.2) is 18.5 Å². The van der Waals surface area contributed by atoms with Gasteiger partial charge in [-0.25, -0.2) is 0 Å². The van der Waals surface area contributed by atoms with Crippen molar-refractivity contribution in [1.29, 1.82) is 0 Å². The van der Waals surface area contributed by atoms with Crippen LogP contribution in [0, 0.1) is 11.8 Å². The van der Waals surface area contributed by atoms with E-state index in [0.29, 0.717) is 12.0 Å². The Morgan fingerprint density at radius 1 is 1.32 bits per heavy atom. The molecule has 1 aromatic rings. The maximum Gasteiger partial charge on any atom is 0.317 e. The standard InChI is InChI=1S/C15H21NO3/c1-5-11-9-16-8-7-12(11)14(17)13(10(3)4)15(18)19-6-2/h7-10,13H,5-6H2,1-4H3. The third-order valence-corrected chi connectivity index (χ3v) is 3.04. The quantitative estimate of drug-likeness (QED) is 0.450. The van der Waals surface area contributed by atoms with E-state index in [1.807, 2.05) is 20.8 Å². The van der Waals surface area contributed by atoms with E-state index in [1.165, 1.54) is 0 Å². The smallest absolute Gasteiger partial charge is 0.317 e. The molecular formula is C15H21NO3. The fraction of sp³-hybridized carbons (Fsp3) is 0.533. The molecule has 0 saturated carbocycles. The number of hydrogen-bond donors (Lipinski definition) is 0. The first-order valence-electron chi connectivity index (χ1n) is 6.66. The molecular weight excluding hydrogens is 242 g/mol. The number of carbonyl (C=O) groups is 2. The van der Waals surface area contributed by atoms with Crippen molar-refractivity contribution in [1.82, 2.24) is 4.98 Å². The van der Waals surface area contributed by atoms with Crippen LogP contribution in [0.1, 0.15) is 43.6 Å². The summed E-state index contributed by atoms with van der Waals surface area (Å²) in [7, 11) is 0. The molecule has 1 heterocycles. The molecule has 0 bridgehead atoms. The van der Waals surface area contributed by atoms with Crippen LogP contribution in [-0.4, -0.2) is 23.3 Å². The minimum atomic E-state index is -0.743. The van der Waals surface area contributed by atoms with Gasteiger partial charge >= 0.3 is 5.97 Å². The van der Waals surface area contributed by atoms with Crippen molar-refractivity contribution in [2.75, 3.05) is 6.61 Å². The average Bonchev–Trinajstić information content (AvgIpc) is 2.38. The molecule has 0 aliphatic rings. The van der Waals surface area contributed by atoms with Crippen LogP contribution >= 0.6 is 0 Å². The summed E-state index contributed by atoms with van der Waals surface area (Å²) in [5.74, 6) is -1.45. The van der Waals surface area contributed by atoms with Gasteiger partial charge in [0.25, 0.3) is 0 Å². The number of aromatic nitrogens is 1. The fourth-order valence-corrected chi connectivity index (χ4v) is 2.03. The Kier molecular flexibility index (Phi) is 5.67. The van der Waals surface area contributed by atoms with E-state index in [1.54, 1.807) is 25.4 Å². The zero-order chi connectivity index (χ0) is 14.4. The molecule has 0 radical (unpaired) electrons. The molecule has 4 heteroatoms. The maximum atomic E-state index is 12.6. The lowest BCUT2D eigenvalue weighted by Crippen LogP contribution is -2.31. The van der Waals surface area contributed by atoms with E-state index >= 15 is 0 Å². The fourth-order valence-electron chi connectivity index (χ4n) is 2.03. The van der Waals surface area contributed by atoms with E-state index in [2.05, 4.69) is 4.98 Å². The van der Waals surface area contributed by atoms with Gasteiger partial charge < -0.3 is 4.74 Å². The van der Waals surface area contributed by atoms with Crippen LogP contribution < -0.4 is 0 Å². The Hall–Kier alpha value is -1.71. The van der Waals surface area contributed by atoms with Gasteiger partial charge in [-0.2, -0.15) is 0 Å². The number of ether oxygens (including phenoxy) is 1. The number of ketones is 1. The number of carbonyl (C=O) groups excluding carboxylic acids is 2. The van der Waals surface area contributed by atoms with E-state index in [4.69, 9.17) is 4.74 Å². The molecule has 0 aliphatic heterocycles. The summed E-state index contributed by atoms with van der Waals surface area (Å²) >= 11 is 0. The predicted molar refractivity (Wildman–Crippen MR) is 72.9 cm³/mol. The Balaban J connectivity index is 3.09. The summed E-state index contributed by atoms with van der Waals surface area (Å²) < 4.78 is 5.01. The highest BCUT2D eigenvalue weighted by atomic mass is 16.5. The molecule has 0 fully saturated rings. The summed E-state index contributed by atoms with van der Waals surface area (Å²) in [6.45, 7) is 7.69.